The molecule has 0 saturated carbocycles. The van der Waals surface area contributed by atoms with E-state index in [-0.39, 0.29) is 0 Å². The maximum Gasteiger partial charge on any atom is 0.369 e. The molecule has 0 rings (SSSR count). The Morgan fingerprint density at radius 1 is 1.05 bits per heavy atom. The van der Waals surface area contributed by atoms with Crippen molar-refractivity contribution in [3.05, 3.63) is 11.9 Å². The summed E-state index contributed by atoms with van der Waals surface area (Å²) in [5.74, 6) is -14.3. The summed E-state index contributed by atoms with van der Waals surface area (Å²) in [4.78, 5) is 1.08. The van der Waals surface area contributed by atoms with E-state index in [1.54, 1.807) is 0 Å². The van der Waals surface area contributed by atoms with Gasteiger partial charge < -0.3 is 9.64 Å². The largest absolute Gasteiger partial charge is 0.371 e. The van der Waals surface area contributed by atoms with E-state index >= 15 is 0 Å². The molecule has 0 amide bonds. The molecule has 0 aromatic rings. The van der Waals surface area contributed by atoms with Gasteiger partial charge in [0, 0.05) is 13.7 Å². The molecule has 9 heteroatoms. The van der Waals surface area contributed by atoms with Crippen LogP contribution in [0.5, 0.6) is 0 Å². The highest BCUT2D eigenvalue weighted by Crippen LogP contribution is 2.49. The monoisotopic (exact) mass is 297 g/mol. The van der Waals surface area contributed by atoms with Crippen molar-refractivity contribution in [2.75, 3.05) is 27.7 Å². The van der Waals surface area contributed by atoms with Gasteiger partial charge in [-0.25, -0.2) is 0 Å². The number of alkyl halides is 4. The van der Waals surface area contributed by atoms with Gasteiger partial charge in [0.25, 0.3) is 0 Å². The summed E-state index contributed by atoms with van der Waals surface area (Å²) in [7, 11) is 3.28. The van der Waals surface area contributed by atoms with Crippen LogP contribution in [0.4, 0.5) is 30.7 Å². The summed E-state index contributed by atoms with van der Waals surface area (Å²) >= 11 is 0. The Balaban J connectivity index is 5.74. The highest BCUT2D eigenvalue weighted by molar-refractivity contribution is 5.16. The van der Waals surface area contributed by atoms with Gasteiger partial charge in [-0.2, -0.15) is 30.7 Å². The smallest absolute Gasteiger partial charge is 0.369 e. The first-order chi connectivity index (χ1) is 8.33. The molecule has 1 atom stereocenters. The van der Waals surface area contributed by atoms with E-state index in [0.29, 0.717) is 14.0 Å². The number of ether oxygens (including phenoxy) is 1. The Labute approximate surface area is 105 Å². The Bertz CT molecular complexity index is 352. The minimum atomic E-state index is -5.67. The lowest BCUT2D eigenvalue weighted by molar-refractivity contribution is -0.287. The molecule has 19 heavy (non-hydrogen) atoms. The van der Waals surface area contributed by atoms with Crippen molar-refractivity contribution in [3.8, 4) is 0 Å². The minimum absolute atomic E-state index is 0.588. The molecule has 0 heterocycles. The first-order valence-electron chi connectivity index (χ1n) is 5.00. The van der Waals surface area contributed by atoms with Crippen LogP contribution >= 0.6 is 0 Å². The van der Waals surface area contributed by atoms with Crippen LogP contribution in [0.25, 0.3) is 0 Å². The van der Waals surface area contributed by atoms with Crippen LogP contribution in [0.3, 0.4) is 0 Å². The molecular weight excluding hydrogens is 283 g/mol. The maximum absolute atomic E-state index is 13.7. The van der Waals surface area contributed by atoms with Crippen molar-refractivity contribution in [2.24, 2.45) is 0 Å². The first-order valence-corrected chi connectivity index (χ1v) is 5.00. The summed E-state index contributed by atoms with van der Waals surface area (Å²) in [6.45, 7) is -0.141. The minimum Gasteiger partial charge on any atom is -0.371 e. The van der Waals surface area contributed by atoms with E-state index in [1.165, 1.54) is 14.1 Å². The Morgan fingerprint density at radius 3 is 1.74 bits per heavy atom. The molecule has 0 aliphatic heterocycles. The molecule has 0 aliphatic rings. The van der Waals surface area contributed by atoms with E-state index in [2.05, 4.69) is 4.74 Å². The summed E-state index contributed by atoms with van der Waals surface area (Å²) in [5, 5.41) is 0. The third kappa shape index (κ3) is 3.19. The van der Waals surface area contributed by atoms with Gasteiger partial charge in [-0.1, -0.05) is 0 Å². The first kappa shape index (κ1) is 18.2. The average Bonchev–Trinajstić information content (AvgIpc) is 2.26. The van der Waals surface area contributed by atoms with Crippen molar-refractivity contribution in [3.63, 3.8) is 0 Å². The van der Waals surface area contributed by atoms with Crippen molar-refractivity contribution >= 4 is 0 Å². The van der Waals surface area contributed by atoms with E-state index in [0.717, 1.165) is 4.90 Å². The lowest BCUT2D eigenvalue weighted by atomic mass is 9.91. The SMILES string of the molecule is COC(C)(CN(C)C)C(F)(F)C(F)(F)C(F)=C(F)F. The van der Waals surface area contributed by atoms with Gasteiger partial charge in [0.1, 0.15) is 5.60 Å². The molecule has 0 N–H and O–H groups in total. The Morgan fingerprint density at radius 2 is 1.47 bits per heavy atom. The van der Waals surface area contributed by atoms with Crippen LogP contribution in [-0.2, 0) is 4.74 Å². The third-order valence-electron chi connectivity index (χ3n) is 2.57. The summed E-state index contributed by atoms with van der Waals surface area (Å²) in [6, 6.07) is 0. The number of hydrogen-bond acceptors (Lipinski definition) is 2. The van der Waals surface area contributed by atoms with E-state index in [1.807, 2.05) is 0 Å². The average molecular weight is 297 g/mol. The Kier molecular flexibility index (Phi) is 5.41. The van der Waals surface area contributed by atoms with E-state index in [4.69, 9.17) is 0 Å². The topological polar surface area (TPSA) is 12.5 Å². The summed E-state index contributed by atoms with van der Waals surface area (Å²) in [6.07, 6.45) is -3.49. The second-order valence-corrected chi connectivity index (χ2v) is 4.40. The fourth-order valence-corrected chi connectivity index (χ4v) is 1.48. The van der Waals surface area contributed by atoms with Gasteiger partial charge in [-0.3, -0.25) is 0 Å². The zero-order valence-corrected chi connectivity index (χ0v) is 10.7. The van der Waals surface area contributed by atoms with Crippen molar-refractivity contribution in [1.29, 1.82) is 0 Å². The quantitative estimate of drug-likeness (QED) is 0.698. The predicted octanol–water partition coefficient (Wildman–Crippen LogP) is 3.30. The number of hydrogen-bond donors (Lipinski definition) is 0. The van der Waals surface area contributed by atoms with Crippen LogP contribution in [0, 0.1) is 0 Å². The highest BCUT2D eigenvalue weighted by atomic mass is 19.3. The summed E-state index contributed by atoms with van der Waals surface area (Å²) in [5.41, 5.74) is -2.85. The van der Waals surface area contributed by atoms with E-state index < -0.39 is 35.9 Å². The lowest BCUT2D eigenvalue weighted by Gasteiger charge is -2.40. The maximum atomic E-state index is 13.7. The number of methoxy groups -OCH3 is 1. The molecule has 0 aromatic carbocycles. The van der Waals surface area contributed by atoms with Gasteiger partial charge in [0.05, 0.1) is 0 Å². The molecular formula is C10H14F7NO. The predicted molar refractivity (Wildman–Crippen MR) is 54.2 cm³/mol. The number of allylic oxidation sites excluding steroid dienone is 1. The van der Waals surface area contributed by atoms with Crippen LogP contribution in [0.1, 0.15) is 6.92 Å². The highest BCUT2D eigenvalue weighted by Gasteiger charge is 2.70. The van der Waals surface area contributed by atoms with Crippen LogP contribution in [0.2, 0.25) is 0 Å². The fourth-order valence-electron chi connectivity index (χ4n) is 1.48. The second-order valence-electron chi connectivity index (χ2n) is 4.40. The van der Waals surface area contributed by atoms with E-state index in [9.17, 15) is 30.7 Å². The molecule has 0 spiro atoms. The molecule has 0 bridgehead atoms. The summed E-state index contributed by atoms with van der Waals surface area (Å²) < 4.78 is 94.5. The van der Waals surface area contributed by atoms with Crippen LogP contribution in [-0.4, -0.2) is 50.1 Å². The molecule has 1 unspecified atom stereocenters. The van der Waals surface area contributed by atoms with Crippen LogP contribution < -0.4 is 0 Å². The van der Waals surface area contributed by atoms with Gasteiger partial charge in [-0.15, -0.1) is 0 Å². The lowest BCUT2D eigenvalue weighted by Crippen LogP contribution is -2.62. The second kappa shape index (κ2) is 5.66. The third-order valence-corrected chi connectivity index (χ3v) is 2.57. The molecule has 0 fully saturated rings. The number of halogens is 7. The molecule has 0 aliphatic carbocycles. The van der Waals surface area contributed by atoms with Gasteiger partial charge in [0.15, 0.2) is 0 Å². The molecule has 114 valence electrons. The number of nitrogens with zero attached hydrogens (tertiary/aromatic N) is 1. The number of likely N-dealkylation sites (N-methyl/N-ethyl adjacent to an activating group) is 1. The zero-order valence-electron chi connectivity index (χ0n) is 10.7. The molecule has 0 aromatic heterocycles. The van der Waals surface area contributed by atoms with Crippen molar-refractivity contribution in [2.45, 2.75) is 24.4 Å². The van der Waals surface area contributed by atoms with Crippen LogP contribution in [0.15, 0.2) is 11.9 Å². The zero-order chi connectivity index (χ0) is 15.6. The van der Waals surface area contributed by atoms with Crippen molar-refractivity contribution in [1.82, 2.24) is 4.90 Å². The molecule has 0 saturated heterocycles. The normalized spacial score (nSPS) is 16.4. The molecule has 2 nitrogen and oxygen atoms in total. The van der Waals surface area contributed by atoms with Gasteiger partial charge in [0.2, 0.25) is 5.83 Å². The Hall–Kier alpha value is -0.830. The number of rotatable bonds is 6. The fraction of sp³-hybridized carbons (Fsp3) is 0.800. The standard InChI is InChI=1S/C10H14F7NO/c1-8(19-4,5-18(2)3)10(16,17)9(14,15)6(11)7(12)13/h5H2,1-4H3. The van der Waals surface area contributed by atoms with Gasteiger partial charge >= 0.3 is 17.9 Å². The van der Waals surface area contributed by atoms with Gasteiger partial charge in [-0.05, 0) is 21.0 Å². The molecule has 0 radical (unpaired) electrons. The van der Waals surface area contributed by atoms with Crippen molar-refractivity contribution < 1.29 is 35.5 Å².